The fourth-order valence-electron chi connectivity index (χ4n) is 0.742. The number of carbonyl (C=O) groups excluding carboxylic acids is 2. The third-order valence-electron chi connectivity index (χ3n) is 1.31. The monoisotopic (exact) mass is 260 g/mol. The molecule has 1 aromatic heterocycles. The highest BCUT2D eigenvalue weighted by Crippen LogP contribution is 2.17. The second kappa shape index (κ2) is 4.80. The summed E-state index contributed by atoms with van der Waals surface area (Å²) in [7, 11) is 0. The number of urea groups is 1. The third-order valence-corrected chi connectivity index (χ3v) is 1.73. The molecule has 14 heavy (non-hydrogen) atoms. The number of hydrogen-bond donors (Lipinski definition) is 2. The second-order valence-electron chi connectivity index (χ2n) is 2.61. The van der Waals surface area contributed by atoms with Gasteiger partial charge in [-0.2, -0.15) is 0 Å². The maximum absolute atomic E-state index is 11.1. The molecule has 0 unspecified atom stereocenters. The Morgan fingerprint density at radius 3 is 2.71 bits per heavy atom. The molecule has 0 atom stereocenters. The van der Waals surface area contributed by atoms with Crippen molar-refractivity contribution in [2.24, 2.45) is 0 Å². The fourth-order valence-corrected chi connectivity index (χ4v) is 1.05. The standard InChI is InChI=1S/C8H9BrN2O3/c1-5(12)4-10-8(13)11-7-3-2-6(9)14-7/h2-3H,4H2,1H3,(H2,10,11,13). The van der Waals surface area contributed by atoms with Crippen molar-refractivity contribution in [3.8, 4) is 0 Å². The van der Waals surface area contributed by atoms with Crippen molar-refractivity contribution >= 4 is 33.6 Å². The highest BCUT2D eigenvalue weighted by molar-refractivity contribution is 9.10. The summed E-state index contributed by atoms with van der Waals surface area (Å²) in [5.74, 6) is 0.207. The molecule has 5 nitrogen and oxygen atoms in total. The van der Waals surface area contributed by atoms with E-state index in [9.17, 15) is 9.59 Å². The Labute approximate surface area is 89.0 Å². The Balaban J connectivity index is 2.37. The van der Waals surface area contributed by atoms with Crippen LogP contribution in [-0.4, -0.2) is 18.4 Å². The Bertz CT molecular complexity index is 348. The minimum absolute atomic E-state index is 0.00765. The molecule has 2 N–H and O–H groups in total. The lowest BCUT2D eigenvalue weighted by atomic mass is 10.4. The van der Waals surface area contributed by atoms with Crippen molar-refractivity contribution in [1.82, 2.24) is 5.32 Å². The summed E-state index contributed by atoms with van der Waals surface area (Å²) in [6.07, 6.45) is 0. The molecule has 0 aromatic carbocycles. The first-order valence-corrected chi connectivity index (χ1v) is 4.67. The first kappa shape index (κ1) is 10.8. The van der Waals surface area contributed by atoms with Crippen LogP contribution in [0.3, 0.4) is 0 Å². The molecular formula is C8H9BrN2O3. The van der Waals surface area contributed by atoms with E-state index in [2.05, 4.69) is 26.6 Å². The van der Waals surface area contributed by atoms with Crippen LogP contribution in [0.5, 0.6) is 0 Å². The van der Waals surface area contributed by atoms with Crippen molar-refractivity contribution in [3.63, 3.8) is 0 Å². The lowest BCUT2D eigenvalue weighted by Gasteiger charge is -2.02. The van der Waals surface area contributed by atoms with Crippen LogP contribution >= 0.6 is 15.9 Å². The molecule has 0 saturated carbocycles. The van der Waals surface area contributed by atoms with Gasteiger partial charge in [-0.15, -0.1) is 0 Å². The van der Waals surface area contributed by atoms with E-state index in [1.807, 2.05) is 0 Å². The van der Waals surface area contributed by atoms with Crippen molar-refractivity contribution in [3.05, 3.63) is 16.8 Å². The quantitative estimate of drug-likeness (QED) is 0.870. The number of halogens is 1. The van der Waals surface area contributed by atoms with Gasteiger partial charge in [-0.05, 0) is 28.9 Å². The first-order valence-electron chi connectivity index (χ1n) is 3.87. The van der Waals surface area contributed by atoms with Crippen molar-refractivity contribution in [1.29, 1.82) is 0 Å². The molecule has 0 aliphatic rings. The highest BCUT2D eigenvalue weighted by atomic mass is 79.9. The molecule has 1 rings (SSSR count). The first-order chi connectivity index (χ1) is 6.58. The molecule has 1 aromatic rings. The Morgan fingerprint density at radius 2 is 2.21 bits per heavy atom. The normalized spacial score (nSPS) is 9.57. The largest absolute Gasteiger partial charge is 0.434 e. The molecule has 0 spiro atoms. The zero-order valence-electron chi connectivity index (χ0n) is 7.46. The maximum atomic E-state index is 11.1. The Hall–Kier alpha value is -1.30. The number of nitrogens with one attached hydrogen (secondary N) is 2. The van der Waals surface area contributed by atoms with Gasteiger partial charge in [-0.25, -0.2) is 4.79 Å². The van der Waals surface area contributed by atoms with Gasteiger partial charge >= 0.3 is 6.03 Å². The van der Waals surface area contributed by atoms with E-state index in [1.165, 1.54) is 6.92 Å². The van der Waals surface area contributed by atoms with Gasteiger partial charge in [0.15, 0.2) is 4.67 Å². The smallest absolute Gasteiger partial charge is 0.321 e. The van der Waals surface area contributed by atoms with Crippen LogP contribution in [0.2, 0.25) is 0 Å². The maximum Gasteiger partial charge on any atom is 0.321 e. The summed E-state index contributed by atoms with van der Waals surface area (Å²) >= 11 is 3.09. The zero-order valence-corrected chi connectivity index (χ0v) is 9.05. The van der Waals surface area contributed by atoms with E-state index in [0.29, 0.717) is 10.6 Å². The van der Waals surface area contributed by atoms with E-state index in [4.69, 9.17) is 4.42 Å². The van der Waals surface area contributed by atoms with Crippen molar-refractivity contribution in [2.75, 3.05) is 11.9 Å². The second-order valence-corrected chi connectivity index (χ2v) is 3.40. The summed E-state index contributed by atoms with van der Waals surface area (Å²) in [6.45, 7) is 1.40. The summed E-state index contributed by atoms with van der Waals surface area (Å²) in [6, 6.07) is 2.78. The third kappa shape index (κ3) is 3.61. The minimum Gasteiger partial charge on any atom is -0.434 e. The molecule has 1 heterocycles. The van der Waals surface area contributed by atoms with Gasteiger partial charge in [0.2, 0.25) is 5.88 Å². The SMILES string of the molecule is CC(=O)CNC(=O)Nc1ccc(Br)o1. The topological polar surface area (TPSA) is 71.3 Å². The van der Waals surface area contributed by atoms with Gasteiger partial charge < -0.3 is 9.73 Å². The average Bonchev–Trinajstić information content (AvgIpc) is 2.48. The number of carbonyl (C=O) groups is 2. The molecule has 0 bridgehead atoms. The number of rotatable bonds is 3. The number of furan rings is 1. The average molecular weight is 261 g/mol. The van der Waals surface area contributed by atoms with E-state index in [0.717, 1.165) is 0 Å². The summed E-state index contributed by atoms with van der Waals surface area (Å²) in [5, 5.41) is 4.78. The molecule has 0 radical (unpaired) electrons. The molecule has 0 fully saturated rings. The molecule has 0 aliphatic carbocycles. The van der Waals surface area contributed by atoms with Gasteiger partial charge in [0.05, 0.1) is 6.54 Å². The summed E-state index contributed by atoms with van der Waals surface area (Å²) in [5.41, 5.74) is 0. The van der Waals surface area contributed by atoms with Crippen LogP contribution in [0.4, 0.5) is 10.7 Å². The predicted molar refractivity (Wildman–Crippen MR) is 54.1 cm³/mol. The molecule has 2 amide bonds. The zero-order chi connectivity index (χ0) is 10.6. The lowest BCUT2D eigenvalue weighted by Crippen LogP contribution is -2.32. The fraction of sp³-hybridized carbons (Fsp3) is 0.250. The number of amides is 2. The molecule has 6 heteroatoms. The van der Waals surface area contributed by atoms with Crippen LogP contribution in [0.25, 0.3) is 0 Å². The number of Topliss-reactive ketones (excluding diaryl/α,β-unsaturated/α-hetero) is 1. The van der Waals surface area contributed by atoms with Gasteiger partial charge in [-0.3, -0.25) is 10.1 Å². The predicted octanol–water partition coefficient (Wildman–Crippen LogP) is 1.75. The van der Waals surface area contributed by atoms with Crippen molar-refractivity contribution < 1.29 is 14.0 Å². The van der Waals surface area contributed by atoms with Crippen LogP contribution in [0.15, 0.2) is 21.2 Å². The van der Waals surface area contributed by atoms with Crippen LogP contribution in [0.1, 0.15) is 6.92 Å². The molecular weight excluding hydrogens is 252 g/mol. The minimum atomic E-state index is -0.470. The number of ketones is 1. The number of hydrogen-bond acceptors (Lipinski definition) is 3. The Kier molecular flexibility index (Phi) is 3.70. The lowest BCUT2D eigenvalue weighted by molar-refractivity contribution is -0.116. The van der Waals surface area contributed by atoms with E-state index in [1.54, 1.807) is 12.1 Å². The Morgan fingerprint density at radius 1 is 1.50 bits per heavy atom. The molecule has 0 aliphatic heterocycles. The van der Waals surface area contributed by atoms with Gasteiger partial charge in [0.25, 0.3) is 0 Å². The van der Waals surface area contributed by atoms with E-state index < -0.39 is 6.03 Å². The number of anilines is 1. The van der Waals surface area contributed by atoms with Gasteiger partial charge in [0.1, 0.15) is 5.78 Å². The van der Waals surface area contributed by atoms with Crippen LogP contribution < -0.4 is 10.6 Å². The van der Waals surface area contributed by atoms with Crippen molar-refractivity contribution in [2.45, 2.75) is 6.92 Å². The van der Waals surface area contributed by atoms with Gasteiger partial charge in [-0.1, -0.05) is 0 Å². The summed E-state index contributed by atoms with van der Waals surface area (Å²) < 4.78 is 5.55. The van der Waals surface area contributed by atoms with E-state index >= 15 is 0 Å². The summed E-state index contributed by atoms with van der Waals surface area (Å²) in [4.78, 5) is 21.6. The van der Waals surface area contributed by atoms with Crippen LogP contribution in [-0.2, 0) is 4.79 Å². The molecule has 0 saturated heterocycles. The van der Waals surface area contributed by atoms with Gasteiger partial charge in [0, 0.05) is 6.07 Å². The molecule has 76 valence electrons. The van der Waals surface area contributed by atoms with E-state index in [-0.39, 0.29) is 12.3 Å². The highest BCUT2D eigenvalue weighted by Gasteiger charge is 2.04. The van der Waals surface area contributed by atoms with Crippen LogP contribution in [0, 0.1) is 0 Å².